The molecule has 5 rings (SSSR count). The van der Waals surface area contributed by atoms with Crippen LogP contribution in [0.15, 0.2) is 66.6 Å². The van der Waals surface area contributed by atoms with Crippen molar-refractivity contribution < 1.29 is 14.3 Å². The summed E-state index contributed by atoms with van der Waals surface area (Å²) < 4.78 is 13.4. The Morgan fingerprint density at radius 1 is 1.16 bits per heavy atom. The first kappa shape index (κ1) is 20.5. The van der Waals surface area contributed by atoms with E-state index in [-0.39, 0.29) is 18.0 Å². The zero-order valence-electron chi connectivity index (χ0n) is 18.4. The van der Waals surface area contributed by atoms with E-state index in [0.717, 1.165) is 46.7 Å². The molecule has 3 aromatic rings. The number of nitrogens with zero attached hydrogens (tertiary/aromatic N) is 3. The van der Waals surface area contributed by atoms with Gasteiger partial charge in [-0.1, -0.05) is 36.4 Å². The molecule has 0 aliphatic carbocycles. The number of piperidine rings is 1. The highest BCUT2D eigenvalue weighted by molar-refractivity contribution is 5.99. The average Bonchev–Trinajstić information content (AvgIpc) is 3.27. The first-order chi connectivity index (χ1) is 15.6. The average molecular weight is 430 g/mol. The lowest BCUT2D eigenvalue weighted by Gasteiger charge is -2.45. The van der Waals surface area contributed by atoms with Crippen molar-refractivity contribution in [2.45, 2.75) is 31.8 Å². The maximum atomic E-state index is 13.6. The van der Waals surface area contributed by atoms with E-state index in [1.165, 1.54) is 0 Å². The Morgan fingerprint density at radius 2 is 2.00 bits per heavy atom. The topological polar surface area (TPSA) is 56.6 Å². The van der Waals surface area contributed by atoms with Crippen molar-refractivity contribution in [3.63, 3.8) is 0 Å². The van der Waals surface area contributed by atoms with Gasteiger partial charge in [-0.2, -0.15) is 0 Å². The summed E-state index contributed by atoms with van der Waals surface area (Å²) in [6.45, 7) is 3.10. The number of methoxy groups -OCH3 is 1. The first-order valence-electron chi connectivity index (χ1n) is 11.0. The fourth-order valence-corrected chi connectivity index (χ4v) is 4.67. The van der Waals surface area contributed by atoms with Crippen LogP contribution in [0, 0.1) is 6.92 Å². The third-order valence-electron chi connectivity index (χ3n) is 6.29. The van der Waals surface area contributed by atoms with E-state index in [2.05, 4.69) is 17.1 Å². The van der Waals surface area contributed by atoms with Crippen LogP contribution < -0.4 is 4.74 Å². The summed E-state index contributed by atoms with van der Waals surface area (Å²) in [5.41, 5.74) is 4.77. The number of benzene rings is 2. The highest BCUT2D eigenvalue weighted by Gasteiger charge is 2.39. The number of ether oxygens (including phenoxy) is 2. The standard InChI is InChI=1S/C26H27N3O3/c1-18-14-28(17-27-18)23-11-8-19(13-25(23)31-2)12-21-9-10-22-15-32-16-24(29(22)26(21)30)20-6-4-3-5-7-20/h3-8,11-14,17,22,24H,9-10,15-16H2,1-2H3/t22-,24+/m1/s1. The molecule has 0 radical (unpaired) electrons. The molecule has 1 aromatic heterocycles. The van der Waals surface area contributed by atoms with E-state index in [9.17, 15) is 4.79 Å². The first-order valence-corrected chi connectivity index (χ1v) is 11.0. The lowest BCUT2D eigenvalue weighted by molar-refractivity contribution is -0.145. The maximum absolute atomic E-state index is 13.6. The van der Waals surface area contributed by atoms with Gasteiger partial charge >= 0.3 is 0 Å². The Kier molecular flexibility index (Phi) is 5.53. The third-order valence-corrected chi connectivity index (χ3v) is 6.29. The van der Waals surface area contributed by atoms with Gasteiger partial charge in [-0.3, -0.25) is 4.79 Å². The van der Waals surface area contributed by atoms with Gasteiger partial charge in [0.2, 0.25) is 0 Å². The molecule has 3 heterocycles. The van der Waals surface area contributed by atoms with Crippen molar-refractivity contribution in [3.8, 4) is 11.4 Å². The number of carbonyl (C=O) groups excluding carboxylic acids is 1. The minimum atomic E-state index is -0.0486. The molecule has 0 N–H and O–H groups in total. The smallest absolute Gasteiger partial charge is 0.250 e. The number of aryl methyl sites for hydroxylation is 1. The minimum Gasteiger partial charge on any atom is -0.495 e. The Bertz CT molecular complexity index is 1150. The van der Waals surface area contributed by atoms with E-state index >= 15 is 0 Å². The molecule has 0 bridgehead atoms. The van der Waals surface area contributed by atoms with Crippen LogP contribution in [0.1, 0.15) is 35.7 Å². The molecule has 6 heteroatoms. The molecule has 0 spiro atoms. The van der Waals surface area contributed by atoms with E-state index in [0.29, 0.717) is 13.2 Å². The predicted octanol–water partition coefficient (Wildman–Crippen LogP) is 4.34. The minimum absolute atomic E-state index is 0.0486. The number of rotatable bonds is 4. The summed E-state index contributed by atoms with van der Waals surface area (Å²) >= 11 is 0. The van der Waals surface area contributed by atoms with Crippen LogP contribution in [0.3, 0.4) is 0 Å². The van der Waals surface area contributed by atoms with E-state index in [4.69, 9.17) is 9.47 Å². The summed E-state index contributed by atoms with van der Waals surface area (Å²) in [7, 11) is 1.66. The Hall–Kier alpha value is -3.38. The van der Waals surface area contributed by atoms with Gasteiger partial charge in [0.15, 0.2) is 0 Å². The van der Waals surface area contributed by atoms with Crippen LogP contribution in [0.4, 0.5) is 0 Å². The fraction of sp³-hybridized carbons (Fsp3) is 0.308. The lowest BCUT2D eigenvalue weighted by Crippen LogP contribution is -2.53. The lowest BCUT2D eigenvalue weighted by atomic mass is 9.91. The second-order valence-electron chi connectivity index (χ2n) is 8.39. The number of morpholine rings is 1. The molecule has 0 saturated carbocycles. The summed E-state index contributed by atoms with van der Waals surface area (Å²) in [4.78, 5) is 19.9. The quantitative estimate of drug-likeness (QED) is 0.579. The molecular formula is C26H27N3O3. The van der Waals surface area contributed by atoms with E-state index in [1.807, 2.05) is 65.1 Å². The fourth-order valence-electron chi connectivity index (χ4n) is 4.67. The van der Waals surface area contributed by atoms with Crippen molar-refractivity contribution >= 4 is 12.0 Å². The molecule has 2 aliphatic rings. The molecule has 1 amide bonds. The Labute approximate surface area is 188 Å². The van der Waals surface area contributed by atoms with Crippen molar-refractivity contribution in [2.75, 3.05) is 20.3 Å². The van der Waals surface area contributed by atoms with Gasteiger partial charge in [0, 0.05) is 11.8 Å². The molecule has 2 fully saturated rings. The summed E-state index contributed by atoms with van der Waals surface area (Å²) in [5, 5.41) is 0. The number of hydrogen-bond acceptors (Lipinski definition) is 4. The van der Waals surface area contributed by atoms with Gasteiger partial charge < -0.3 is 18.9 Å². The largest absolute Gasteiger partial charge is 0.495 e. The van der Waals surface area contributed by atoms with Crippen LogP contribution in [0.25, 0.3) is 11.8 Å². The summed E-state index contributed by atoms with van der Waals surface area (Å²) in [5.74, 6) is 0.845. The van der Waals surface area contributed by atoms with Gasteiger partial charge in [0.25, 0.3) is 5.91 Å². The van der Waals surface area contributed by atoms with Crippen LogP contribution >= 0.6 is 0 Å². The summed E-state index contributed by atoms with van der Waals surface area (Å²) in [6, 6.07) is 16.2. The van der Waals surface area contributed by atoms with Gasteiger partial charge in [-0.05, 0) is 49.1 Å². The molecule has 32 heavy (non-hydrogen) atoms. The number of aromatic nitrogens is 2. The molecule has 164 valence electrons. The van der Waals surface area contributed by atoms with Crippen LogP contribution in [-0.2, 0) is 9.53 Å². The van der Waals surface area contributed by atoms with E-state index < -0.39 is 0 Å². The maximum Gasteiger partial charge on any atom is 0.250 e. The third kappa shape index (κ3) is 3.82. The normalized spacial score (nSPS) is 22.1. The van der Waals surface area contributed by atoms with Crippen molar-refractivity contribution in [2.24, 2.45) is 0 Å². The zero-order chi connectivity index (χ0) is 22.1. The van der Waals surface area contributed by atoms with Gasteiger partial charge in [-0.25, -0.2) is 4.98 Å². The number of fused-ring (bicyclic) bond motifs is 1. The van der Waals surface area contributed by atoms with Crippen molar-refractivity contribution in [1.82, 2.24) is 14.5 Å². The predicted molar refractivity (Wildman–Crippen MR) is 123 cm³/mol. The van der Waals surface area contributed by atoms with Gasteiger partial charge in [0.1, 0.15) is 5.75 Å². The number of carbonyl (C=O) groups is 1. The molecule has 2 aliphatic heterocycles. The molecule has 2 aromatic carbocycles. The molecule has 2 atom stereocenters. The molecule has 2 saturated heterocycles. The number of imidazole rings is 1. The van der Waals surface area contributed by atoms with Crippen molar-refractivity contribution in [3.05, 3.63) is 83.4 Å². The highest BCUT2D eigenvalue weighted by Crippen LogP contribution is 2.36. The second-order valence-corrected chi connectivity index (χ2v) is 8.39. The molecule has 0 unspecified atom stereocenters. The SMILES string of the molecule is COc1cc(C=C2CC[C@@H]3COC[C@@H](c4ccccc4)N3C2=O)ccc1-n1cnc(C)c1. The van der Waals surface area contributed by atoms with Gasteiger partial charge in [-0.15, -0.1) is 0 Å². The van der Waals surface area contributed by atoms with Crippen LogP contribution in [-0.4, -0.2) is 46.7 Å². The van der Waals surface area contributed by atoms with Gasteiger partial charge in [0.05, 0.1) is 50.1 Å². The zero-order valence-corrected chi connectivity index (χ0v) is 18.4. The van der Waals surface area contributed by atoms with Crippen LogP contribution in [0.5, 0.6) is 5.75 Å². The Morgan fingerprint density at radius 3 is 2.75 bits per heavy atom. The molecular weight excluding hydrogens is 402 g/mol. The second kappa shape index (κ2) is 8.63. The van der Waals surface area contributed by atoms with E-state index in [1.54, 1.807) is 13.4 Å². The van der Waals surface area contributed by atoms with Crippen molar-refractivity contribution in [1.29, 1.82) is 0 Å². The molecule has 6 nitrogen and oxygen atoms in total. The number of hydrogen-bond donors (Lipinski definition) is 0. The number of amides is 1. The van der Waals surface area contributed by atoms with Crippen LogP contribution in [0.2, 0.25) is 0 Å². The summed E-state index contributed by atoms with van der Waals surface area (Å²) in [6.07, 6.45) is 7.39. The monoisotopic (exact) mass is 429 g/mol. The highest BCUT2D eigenvalue weighted by atomic mass is 16.5. The Balaban J connectivity index is 1.45.